The van der Waals surface area contributed by atoms with E-state index >= 15 is 0 Å². The van der Waals surface area contributed by atoms with Crippen molar-refractivity contribution in [3.63, 3.8) is 0 Å². The van der Waals surface area contributed by atoms with E-state index in [0.717, 1.165) is 31.4 Å². The molecule has 0 bridgehead atoms. The molecule has 5 nitrogen and oxygen atoms in total. The first-order chi connectivity index (χ1) is 12.2. The molecule has 1 heterocycles. The molecule has 1 aromatic rings. The van der Waals surface area contributed by atoms with E-state index in [1.165, 1.54) is 0 Å². The summed E-state index contributed by atoms with van der Waals surface area (Å²) in [7, 11) is 1.65. The second-order valence-electron chi connectivity index (χ2n) is 6.85. The number of likely N-dealkylation sites (tertiary alicyclic amines) is 1. The van der Waals surface area contributed by atoms with Crippen LogP contribution in [0.3, 0.4) is 0 Å². The summed E-state index contributed by atoms with van der Waals surface area (Å²) in [5.74, 6) is 0.107. The number of amides is 2. The molecular weight excluding hydrogens is 316 g/mol. The van der Waals surface area contributed by atoms with Crippen LogP contribution in [0.15, 0.2) is 42.1 Å². The zero-order chi connectivity index (χ0) is 17.7. The molecule has 1 unspecified atom stereocenters. The first kappa shape index (κ1) is 17.7. The van der Waals surface area contributed by atoms with Gasteiger partial charge in [0.05, 0.1) is 6.61 Å². The lowest BCUT2D eigenvalue weighted by atomic mass is 9.69. The van der Waals surface area contributed by atoms with Crippen molar-refractivity contribution < 1.29 is 14.3 Å². The fourth-order valence-electron chi connectivity index (χ4n) is 3.93. The van der Waals surface area contributed by atoms with Crippen molar-refractivity contribution in [1.82, 2.24) is 10.2 Å². The van der Waals surface area contributed by atoms with Crippen LogP contribution in [-0.2, 0) is 9.53 Å². The Balaban J connectivity index is 1.75. The van der Waals surface area contributed by atoms with Crippen LogP contribution < -0.4 is 5.32 Å². The van der Waals surface area contributed by atoms with Crippen molar-refractivity contribution >= 4 is 11.8 Å². The second kappa shape index (κ2) is 7.83. The molecule has 0 aromatic heterocycles. The Bertz CT molecular complexity index is 656. The van der Waals surface area contributed by atoms with Crippen LogP contribution in [-0.4, -0.2) is 43.5 Å². The average Bonchev–Trinajstić information content (AvgIpc) is 2.66. The summed E-state index contributed by atoms with van der Waals surface area (Å²) in [5.41, 5.74) is 1.62. The topological polar surface area (TPSA) is 58.6 Å². The Morgan fingerprint density at radius 3 is 2.84 bits per heavy atom. The Morgan fingerprint density at radius 1 is 1.28 bits per heavy atom. The molecule has 1 saturated heterocycles. The molecule has 2 aliphatic rings. The summed E-state index contributed by atoms with van der Waals surface area (Å²) in [6, 6.07) is 9.27. The van der Waals surface area contributed by atoms with Gasteiger partial charge in [0, 0.05) is 43.3 Å². The smallest absolute Gasteiger partial charge is 0.251 e. The summed E-state index contributed by atoms with van der Waals surface area (Å²) in [5, 5.41) is 3.10. The number of hydrogen-bond acceptors (Lipinski definition) is 3. The number of carbonyl (C=O) groups excluding carboxylic acids is 2. The number of methoxy groups -OCH3 is 1. The van der Waals surface area contributed by atoms with Crippen LogP contribution in [0.1, 0.15) is 42.5 Å². The third kappa shape index (κ3) is 3.76. The molecule has 1 aliphatic carbocycles. The number of fused-ring (bicyclic) bond motifs is 1. The highest BCUT2D eigenvalue weighted by molar-refractivity contribution is 5.94. The van der Waals surface area contributed by atoms with Crippen molar-refractivity contribution in [2.75, 3.05) is 26.8 Å². The van der Waals surface area contributed by atoms with Gasteiger partial charge in [-0.2, -0.15) is 0 Å². The van der Waals surface area contributed by atoms with Gasteiger partial charge in [-0.1, -0.05) is 24.3 Å². The highest BCUT2D eigenvalue weighted by Gasteiger charge is 2.44. The fourth-order valence-corrected chi connectivity index (χ4v) is 3.93. The van der Waals surface area contributed by atoms with E-state index in [2.05, 4.69) is 11.4 Å². The van der Waals surface area contributed by atoms with E-state index in [0.29, 0.717) is 31.7 Å². The van der Waals surface area contributed by atoms with Gasteiger partial charge in [0.25, 0.3) is 5.91 Å². The zero-order valence-corrected chi connectivity index (χ0v) is 14.8. The number of allylic oxidation sites excluding steroid dienone is 1. The van der Waals surface area contributed by atoms with Crippen LogP contribution in [0.4, 0.5) is 0 Å². The molecule has 2 amide bonds. The number of benzene rings is 1. The van der Waals surface area contributed by atoms with Gasteiger partial charge < -0.3 is 15.0 Å². The molecule has 1 N–H and O–H groups in total. The molecule has 0 spiro atoms. The summed E-state index contributed by atoms with van der Waals surface area (Å²) < 4.78 is 5.17. The molecule has 134 valence electrons. The predicted octanol–water partition coefficient (Wildman–Crippen LogP) is 2.74. The van der Waals surface area contributed by atoms with Gasteiger partial charge in [0.15, 0.2) is 0 Å². The molecule has 1 fully saturated rings. The van der Waals surface area contributed by atoms with Gasteiger partial charge in [0.1, 0.15) is 0 Å². The predicted molar refractivity (Wildman–Crippen MR) is 96.0 cm³/mol. The molecule has 1 aliphatic heterocycles. The van der Waals surface area contributed by atoms with Crippen molar-refractivity contribution in [1.29, 1.82) is 0 Å². The van der Waals surface area contributed by atoms with Gasteiger partial charge in [0.2, 0.25) is 5.91 Å². The minimum atomic E-state index is -0.135. The molecule has 3 rings (SSSR count). The Labute approximate surface area is 149 Å². The SMILES string of the molecule is COCCN1C(=O)CCC2(CNC(=O)c3ccccc3)CCCC=C12. The summed E-state index contributed by atoms with van der Waals surface area (Å²) in [4.78, 5) is 26.7. The van der Waals surface area contributed by atoms with Crippen LogP contribution in [0.2, 0.25) is 0 Å². The lowest BCUT2D eigenvalue weighted by molar-refractivity contribution is -0.134. The summed E-state index contributed by atoms with van der Waals surface area (Å²) in [6.45, 7) is 1.68. The first-order valence-corrected chi connectivity index (χ1v) is 8.99. The maximum atomic E-state index is 12.4. The van der Waals surface area contributed by atoms with Gasteiger partial charge in [-0.25, -0.2) is 0 Å². The van der Waals surface area contributed by atoms with Crippen LogP contribution in [0.5, 0.6) is 0 Å². The first-order valence-electron chi connectivity index (χ1n) is 8.99. The minimum Gasteiger partial charge on any atom is -0.383 e. The van der Waals surface area contributed by atoms with E-state index in [1.807, 2.05) is 35.2 Å². The lowest BCUT2D eigenvalue weighted by Crippen LogP contribution is -2.51. The third-order valence-corrected chi connectivity index (χ3v) is 5.29. The van der Waals surface area contributed by atoms with E-state index < -0.39 is 0 Å². The second-order valence-corrected chi connectivity index (χ2v) is 6.85. The van der Waals surface area contributed by atoms with E-state index in [1.54, 1.807) is 7.11 Å². The largest absolute Gasteiger partial charge is 0.383 e. The molecule has 25 heavy (non-hydrogen) atoms. The fraction of sp³-hybridized carbons (Fsp3) is 0.500. The Morgan fingerprint density at radius 2 is 2.08 bits per heavy atom. The molecular formula is C20H26N2O3. The van der Waals surface area contributed by atoms with Gasteiger partial charge in [-0.05, 0) is 37.8 Å². The minimum absolute atomic E-state index is 0.0553. The number of nitrogens with one attached hydrogen (secondary N) is 1. The van der Waals surface area contributed by atoms with E-state index in [9.17, 15) is 9.59 Å². The molecule has 1 aromatic carbocycles. The standard InChI is InChI=1S/C20H26N2O3/c1-25-14-13-22-17-9-5-6-11-20(17,12-10-18(22)23)15-21-19(24)16-7-3-2-4-8-16/h2-4,7-9H,5-6,10-15H2,1H3,(H,21,24). The molecule has 5 heteroatoms. The Hall–Kier alpha value is -2.14. The number of nitrogens with zero attached hydrogens (tertiary/aromatic N) is 1. The maximum absolute atomic E-state index is 12.4. The van der Waals surface area contributed by atoms with Crippen molar-refractivity contribution in [3.05, 3.63) is 47.7 Å². The Kier molecular flexibility index (Phi) is 5.53. The van der Waals surface area contributed by atoms with Gasteiger partial charge >= 0.3 is 0 Å². The van der Waals surface area contributed by atoms with Crippen molar-refractivity contribution in [2.45, 2.75) is 32.1 Å². The quantitative estimate of drug-likeness (QED) is 0.865. The average molecular weight is 342 g/mol. The molecule has 0 saturated carbocycles. The molecule has 1 atom stereocenters. The summed E-state index contributed by atoms with van der Waals surface area (Å²) in [6.07, 6.45) is 6.60. The van der Waals surface area contributed by atoms with Crippen LogP contribution in [0, 0.1) is 5.41 Å². The summed E-state index contributed by atoms with van der Waals surface area (Å²) >= 11 is 0. The van der Waals surface area contributed by atoms with Crippen LogP contribution >= 0.6 is 0 Å². The highest BCUT2D eigenvalue weighted by Crippen LogP contribution is 2.46. The normalized spacial score (nSPS) is 23.0. The maximum Gasteiger partial charge on any atom is 0.251 e. The van der Waals surface area contributed by atoms with Crippen molar-refractivity contribution in [3.8, 4) is 0 Å². The van der Waals surface area contributed by atoms with Crippen LogP contribution in [0.25, 0.3) is 0 Å². The monoisotopic (exact) mass is 342 g/mol. The number of ether oxygens (including phenoxy) is 1. The lowest BCUT2D eigenvalue weighted by Gasteiger charge is -2.47. The molecule has 0 radical (unpaired) electrons. The third-order valence-electron chi connectivity index (χ3n) is 5.29. The van der Waals surface area contributed by atoms with Gasteiger partial charge in [-0.15, -0.1) is 0 Å². The number of carbonyl (C=O) groups is 2. The zero-order valence-electron chi connectivity index (χ0n) is 14.8. The van der Waals surface area contributed by atoms with E-state index in [-0.39, 0.29) is 17.2 Å². The van der Waals surface area contributed by atoms with Crippen molar-refractivity contribution in [2.24, 2.45) is 5.41 Å². The number of rotatable bonds is 6. The number of hydrogen-bond donors (Lipinski definition) is 1. The van der Waals surface area contributed by atoms with Gasteiger partial charge in [-0.3, -0.25) is 9.59 Å². The number of piperidine rings is 1. The van der Waals surface area contributed by atoms with E-state index in [4.69, 9.17) is 4.74 Å². The highest BCUT2D eigenvalue weighted by atomic mass is 16.5.